The third-order valence-electron chi connectivity index (χ3n) is 3.94. The van der Waals surface area contributed by atoms with Gasteiger partial charge in [-0.1, -0.05) is 27.3 Å². The van der Waals surface area contributed by atoms with Gasteiger partial charge in [-0.2, -0.15) is 0 Å². The van der Waals surface area contributed by atoms with Crippen LogP contribution in [0.5, 0.6) is 0 Å². The zero-order valence-corrected chi connectivity index (χ0v) is 14.3. The van der Waals surface area contributed by atoms with Crippen LogP contribution >= 0.6 is 27.3 Å². The van der Waals surface area contributed by atoms with Crippen molar-refractivity contribution < 1.29 is 0 Å². The minimum Gasteiger partial charge on any atom is -0.361 e. The second-order valence-electron chi connectivity index (χ2n) is 5.76. The monoisotopic (exact) mass is 353 g/mol. The second-order valence-corrected chi connectivity index (χ2v) is 7.70. The van der Waals surface area contributed by atoms with Crippen LogP contribution in [0.25, 0.3) is 10.2 Å². The number of fused-ring (bicyclic) bond motifs is 1. The van der Waals surface area contributed by atoms with E-state index in [4.69, 9.17) is 0 Å². The van der Waals surface area contributed by atoms with Crippen LogP contribution in [0.3, 0.4) is 0 Å². The molecule has 1 fully saturated rings. The van der Waals surface area contributed by atoms with E-state index in [2.05, 4.69) is 63.2 Å². The van der Waals surface area contributed by atoms with Crippen molar-refractivity contribution in [2.75, 3.05) is 25.0 Å². The number of aromatic nitrogens is 1. The van der Waals surface area contributed by atoms with Crippen LogP contribution in [0.1, 0.15) is 20.3 Å². The summed E-state index contributed by atoms with van der Waals surface area (Å²) >= 11 is 5.23. The Labute approximate surface area is 132 Å². The lowest BCUT2D eigenvalue weighted by molar-refractivity contribution is 0.266. The largest absolute Gasteiger partial charge is 0.361 e. The number of hydrogen-bond acceptors (Lipinski definition) is 4. The fourth-order valence-electron chi connectivity index (χ4n) is 2.71. The summed E-state index contributed by atoms with van der Waals surface area (Å²) < 4.78 is 2.33. The molecule has 108 valence electrons. The van der Waals surface area contributed by atoms with Gasteiger partial charge in [-0.05, 0) is 50.9 Å². The van der Waals surface area contributed by atoms with Crippen molar-refractivity contribution in [1.82, 2.24) is 9.88 Å². The number of halogens is 1. The molecular weight excluding hydrogens is 334 g/mol. The molecule has 0 amide bonds. The number of nitrogens with zero attached hydrogens (tertiary/aromatic N) is 2. The van der Waals surface area contributed by atoms with Crippen molar-refractivity contribution in [2.24, 2.45) is 5.92 Å². The van der Waals surface area contributed by atoms with Crippen LogP contribution in [0, 0.1) is 5.92 Å². The smallest absolute Gasteiger partial charge is 0.183 e. The van der Waals surface area contributed by atoms with Crippen LogP contribution in [0.2, 0.25) is 0 Å². The van der Waals surface area contributed by atoms with Crippen LogP contribution < -0.4 is 5.32 Å². The highest BCUT2D eigenvalue weighted by atomic mass is 79.9. The molecular formula is C15H20BrN3S. The van der Waals surface area contributed by atoms with E-state index < -0.39 is 0 Å². The topological polar surface area (TPSA) is 28.2 Å². The van der Waals surface area contributed by atoms with E-state index in [1.807, 2.05) is 0 Å². The van der Waals surface area contributed by atoms with Gasteiger partial charge < -0.3 is 10.2 Å². The molecule has 3 rings (SSSR count). The third kappa shape index (κ3) is 3.15. The first-order valence-electron chi connectivity index (χ1n) is 7.16. The van der Waals surface area contributed by atoms with Gasteiger partial charge in [0.15, 0.2) is 5.13 Å². The minimum atomic E-state index is 0.666. The van der Waals surface area contributed by atoms with Crippen molar-refractivity contribution in [3.8, 4) is 0 Å². The number of hydrogen-bond donors (Lipinski definition) is 1. The highest BCUT2D eigenvalue weighted by molar-refractivity contribution is 9.10. The third-order valence-corrected chi connectivity index (χ3v) is 5.43. The van der Waals surface area contributed by atoms with Crippen molar-refractivity contribution in [1.29, 1.82) is 0 Å². The molecule has 1 N–H and O–H groups in total. The average Bonchev–Trinajstić information content (AvgIpc) is 3.01. The molecule has 20 heavy (non-hydrogen) atoms. The molecule has 0 radical (unpaired) electrons. The Morgan fingerprint density at radius 2 is 2.35 bits per heavy atom. The Balaban J connectivity index is 1.60. The summed E-state index contributed by atoms with van der Waals surface area (Å²) in [7, 11) is 0. The molecule has 0 aliphatic carbocycles. The van der Waals surface area contributed by atoms with Gasteiger partial charge in [-0.15, -0.1) is 0 Å². The zero-order valence-electron chi connectivity index (χ0n) is 11.9. The number of likely N-dealkylation sites (tertiary alicyclic amines) is 1. The van der Waals surface area contributed by atoms with E-state index in [1.165, 1.54) is 24.2 Å². The molecule has 2 aromatic rings. The fraction of sp³-hybridized carbons (Fsp3) is 0.533. The van der Waals surface area contributed by atoms with Gasteiger partial charge >= 0.3 is 0 Å². The molecule has 1 unspecified atom stereocenters. The Morgan fingerprint density at radius 1 is 1.50 bits per heavy atom. The number of nitrogens with one attached hydrogen (secondary N) is 1. The molecule has 0 saturated carbocycles. The molecule has 1 aliphatic heterocycles. The summed E-state index contributed by atoms with van der Waals surface area (Å²) in [4.78, 5) is 7.21. The fourth-order valence-corrected chi connectivity index (χ4v) is 3.91. The standard InChI is InChI=1S/C15H20BrN3S/c1-10(2)19-6-5-11(9-19)8-17-15-18-13-7-12(16)3-4-14(13)20-15/h3-4,7,10-11H,5-6,8-9H2,1-2H3,(H,17,18). The highest BCUT2D eigenvalue weighted by Crippen LogP contribution is 2.28. The van der Waals surface area contributed by atoms with Gasteiger partial charge in [0.05, 0.1) is 10.2 Å². The summed E-state index contributed by atoms with van der Waals surface area (Å²) in [5.41, 5.74) is 1.07. The highest BCUT2D eigenvalue weighted by Gasteiger charge is 2.24. The van der Waals surface area contributed by atoms with E-state index in [0.29, 0.717) is 6.04 Å². The molecule has 1 saturated heterocycles. The van der Waals surface area contributed by atoms with E-state index >= 15 is 0 Å². The maximum absolute atomic E-state index is 4.65. The zero-order chi connectivity index (χ0) is 14.1. The SMILES string of the molecule is CC(C)N1CCC(CNc2nc3cc(Br)ccc3s2)C1. The number of rotatable bonds is 4. The van der Waals surface area contributed by atoms with E-state index in [9.17, 15) is 0 Å². The number of anilines is 1. The van der Waals surface area contributed by atoms with Crippen molar-refractivity contribution >= 4 is 42.6 Å². The summed E-state index contributed by atoms with van der Waals surface area (Å²) in [6.45, 7) is 8.03. The van der Waals surface area contributed by atoms with Gasteiger partial charge in [0.1, 0.15) is 0 Å². The number of thiazole rings is 1. The summed E-state index contributed by atoms with van der Waals surface area (Å²) in [5, 5.41) is 4.56. The molecule has 0 spiro atoms. The molecule has 2 heterocycles. The van der Waals surface area contributed by atoms with Crippen molar-refractivity contribution in [2.45, 2.75) is 26.3 Å². The van der Waals surface area contributed by atoms with E-state index in [0.717, 1.165) is 27.6 Å². The molecule has 0 bridgehead atoms. The molecule has 1 aliphatic rings. The van der Waals surface area contributed by atoms with Gasteiger partial charge in [0, 0.05) is 23.6 Å². The lowest BCUT2D eigenvalue weighted by atomic mass is 10.1. The van der Waals surface area contributed by atoms with Gasteiger partial charge in [-0.25, -0.2) is 4.98 Å². The van der Waals surface area contributed by atoms with Gasteiger partial charge in [0.25, 0.3) is 0 Å². The quantitative estimate of drug-likeness (QED) is 0.892. The first kappa shape index (κ1) is 14.3. The number of benzene rings is 1. The summed E-state index contributed by atoms with van der Waals surface area (Å²) in [6.07, 6.45) is 1.29. The molecule has 1 atom stereocenters. The summed E-state index contributed by atoms with van der Waals surface area (Å²) in [5.74, 6) is 0.746. The lowest BCUT2D eigenvalue weighted by Gasteiger charge is -2.20. The van der Waals surface area contributed by atoms with E-state index in [1.54, 1.807) is 11.3 Å². The molecule has 5 heteroatoms. The van der Waals surface area contributed by atoms with Crippen LogP contribution in [0.4, 0.5) is 5.13 Å². The maximum atomic E-state index is 4.65. The first-order valence-corrected chi connectivity index (χ1v) is 8.77. The summed E-state index contributed by atoms with van der Waals surface area (Å²) in [6, 6.07) is 6.94. The van der Waals surface area contributed by atoms with Crippen molar-refractivity contribution in [3.63, 3.8) is 0 Å². The Kier molecular flexibility index (Phi) is 4.29. The molecule has 3 nitrogen and oxygen atoms in total. The lowest BCUT2D eigenvalue weighted by Crippen LogP contribution is -2.29. The molecule has 1 aromatic carbocycles. The van der Waals surface area contributed by atoms with Gasteiger partial charge in [0.2, 0.25) is 0 Å². The predicted octanol–water partition coefficient (Wildman–Crippen LogP) is 4.20. The molecule has 1 aromatic heterocycles. The second kappa shape index (κ2) is 6.00. The Hall–Kier alpha value is -0.650. The van der Waals surface area contributed by atoms with Crippen LogP contribution in [0.15, 0.2) is 22.7 Å². The Morgan fingerprint density at radius 3 is 3.10 bits per heavy atom. The average molecular weight is 354 g/mol. The minimum absolute atomic E-state index is 0.666. The Bertz CT molecular complexity index is 596. The van der Waals surface area contributed by atoms with Crippen LogP contribution in [-0.2, 0) is 0 Å². The first-order chi connectivity index (χ1) is 9.61. The van der Waals surface area contributed by atoms with Gasteiger partial charge in [-0.3, -0.25) is 0 Å². The van der Waals surface area contributed by atoms with E-state index in [-0.39, 0.29) is 0 Å². The van der Waals surface area contributed by atoms with Crippen LogP contribution in [-0.4, -0.2) is 35.6 Å². The predicted molar refractivity (Wildman–Crippen MR) is 90.6 cm³/mol. The maximum Gasteiger partial charge on any atom is 0.183 e. The van der Waals surface area contributed by atoms with Crippen molar-refractivity contribution in [3.05, 3.63) is 22.7 Å². The normalized spacial score (nSPS) is 20.1.